The molecule has 1 saturated carbocycles. The molecule has 1 amide bonds. The first-order chi connectivity index (χ1) is 14.2. The molecule has 4 rings (SSSR count). The number of imidazole rings is 1. The van der Waals surface area contributed by atoms with E-state index in [-0.39, 0.29) is 11.8 Å². The van der Waals surface area contributed by atoms with Crippen LogP contribution >= 0.6 is 0 Å². The first-order valence-corrected chi connectivity index (χ1v) is 10.6. The highest BCUT2D eigenvalue weighted by Gasteiger charge is 2.29. The molecule has 3 aromatic rings. The van der Waals surface area contributed by atoms with Crippen LogP contribution in [0.3, 0.4) is 0 Å². The predicted molar refractivity (Wildman–Crippen MR) is 115 cm³/mol. The molecule has 0 saturated heterocycles. The minimum atomic E-state index is 0.215. The topological polar surface area (TPSA) is 56.1 Å². The molecule has 0 aliphatic heterocycles. The second-order valence-corrected chi connectivity index (χ2v) is 7.80. The van der Waals surface area contributed by atoms with Gasteiger partial charge in [-0.15, -0.1) is 0 Å². The number of rotatable bonds is 10. The van der Waals surface area contributed by atoms with Crippen LogP contribution in [0.5, 0.6) is 5.75 Å². The third-order valence-electron chi connectivity index (χ3n) is 5.44. The van der Waals surface area contributed by atoms with Gasteiger partial charge in [-0.1, -0.05) is 30.3 Å². The minimum Gasteiger partial charge on any atom is -0.493 e. The summed E-state index contributed by atoms with van der Waals surface area (Å²) in [5.74, 6) is 2.53. The van der Waals surface area contributed by atoms with Crippen molar-refractivity contribution in [2.75, 3.05) is 13.2 Å². The molecule has 1 aromatic heterocycles. The van der Waals surface area contributed by atoms with E-state index in [0.29, 0.717) is 6.61 Å². The number of nitrogens with one attached hydrogen (secondary N) is 1. The number of ether oxygens (including phenoxy) is 1. The highest BCUT2D eigenvalue weighted by Crippen LogP contribution is 2.28. The lowest BCUT2D eigenvalue weighted by molar-refractivity contribution is -0.122. The third kappa shape index (κ3) is 4.97. The number of hydrogen-bond acceptors (Lipinski definition) is 3. The Bertz CT molecular complexity index is 975. The Morgan fingerprint density at radius 3 is 2.76 bits per heavy atom. The van der Waals surface area contributed by atoms with E-state index in [0.717, 1.165) is 67.8 Å². The van der Waals surface area contributed by atoms with Gasteiger partial charge < -0.3 is 14.6 Å². The maximum atomic E-state index is 11.8. The average molecular weight is 392 g/mol. The summed E-state index contributed by atoms with van der Waals surface area (Å²) in [7, 11) is 0. The van der Waals surface area contributed by atoms with E-state index in [1.807, 2.05) is 24.3 Å². The molecule has 0 atom stereocenters. The maximum Gasteiger partial charge on any atom is 0.223 e. The number of carbonyl (C=O) groups is 1. The number of aryl methyl sites for hydroxylation is 3. The van der Waals surface area contributed by atoms with Crippen LogP contribution in [-0.4, -0.2) is 28.6 Å². The summed E-state index contributed by atoms with van der Waals surface area (Å²) >= 11 is 0. The minimum absolute atomic E-state index is 0.215. The SMILES string of the molecule is Cc1ccccc1OCCCn1c(CCCNC(=O)C2CC2)nc2ccccc21. The molecule has 152 valence electrons. The number of para-hydroxylation sites is 3. The fraction of sp³-hybridized carbons (Fsp3) is 0.417. The summed E-state index contributed by atoms with van der Waals surface area (Å²) in [6.45, 7) is 4.33. The Balaban J connectivity index is 1.34. The number of carbonyl (C=O) groups excluding carboxylic acids is 1. The van der Waals surface area contributed by atoms with Crippen molar-refractivity contribution in [3.8, 4) is 5.75 Å². The van der Waals surface area contributed by atoms with Gasteiger partial charge in [-0.2, -0.15) is 0 Å². The average Bonchev–Trinajstić information content (AvgIpc) is 3.52. The number of benzene rings is 2. The zero-order valence-electron chi connectivity index (χ0n) is 17.1. The lowest BCUT2D eigenvalue weighted by atomic mass is 10.2. The molecule has 1 aliphatic rings. The zero-order valence-corrected chi connectivity index (χ0v) is 17.1. The molecule has 1 N–H and O–H groups in total. The van der Waals surface area contributed by atoms with Crippen molar-refractivity contribution in [3.05, 3.63) is 59.9 Å². The van der Waals surface area contributed by atoms with Gasteiger partial charge >= 0.3 is 0 Å². The summed E-state index contributed by atoms with van der Waals surface area (Å²) in [6.07, 6.45) is 4.78. The molecule has 1 aliphatic carbocycles. The van der Waals surface area contributed by atoms with Gasteiger partial charge in [-0.25, -0.2) is 4.98 Å². The largest absolute Gasteiger partial charge is 0.493 e. The molecule has 0 spiro atoms. The summed E-state index contributed by atoms with van der Waals surface area (Å²) in [5.41, 5.74) is 3.36. The van der Waals surface area contributed by atoms with E-state index in [4.69, 9.17) is 9.72 Å². The van der Waals surface area contributed by atoms with Crippen molar-refractivity contribution >= 4 is 16.9 Å². The molecule has 0 radical (unpaired) electrons. The number of amides is 1. The second kappa shape index (κ2) is 9.12. The van der Waals surface area contributed by atoms with Gasteiger partial charge in [0.2, 0.25) is 5.91 Å². The summed E-state index contributed by atoms with van der Waals surface area (Å²) in [5, 5.41) is 3.05. The van der Waals surface area contributed by atoms with Crippen molar-refractivity contribution in [1.82, 2.24) is 14.9 Å². The molecule has 29 heavy (non-hydrogen) atoms. The zero-order chi connectivity index (χ0) is 20.1. The molecule has 2 aromatic carbocycles. The van der Waals surface area contributed by atoms with E-state index in [2.05, 4.69) is 41.1 Å². The van der Waals surface area contributed by atoms with Crippen molar-refractivity contribution in [2.45, 2.75) is 45.6 Å². The van der Waals surface area contributed by atoms with Gasteiger partial charge in [0, 0.05) is 25.4 Å². The molecular formula is C24H29N3O2. The Morgan fingerprint density at radius 1 is 1.14 bits per heavy atom. The smallest absolute Gasteiger partial charge is 0.223 e. The molecule has 0 unspecified atom stereocenters. The Morgan fingerprint density at radius 2 is 1.93 bits per heavy atom. The highest BCUT2D eigenvalue weighted by molar-refractivity contribution is 5.80. The van der Waals surface area contributed by atoms with E-state index in [1.54, 1.807) is 0 Å². The van der Waals surface area contributed by atoms with Crippen LogP contribution in [0.4, 0.5) is 0 Å². The monoisotopic (exact) mass is 391 g/mol. The predicted octanol–water partition coefficient (Wildman–Crippen LogP) is 4.27. The quantitative estimate of drug-likeness (QED) is 0.525. The Kier molecular flexibility index (Phi) is 6.13. The van der Waals surface area contributed by atoms with E-state index < -0.39 is 0 Å². The molecule has 5 nitrogen and oxygen atoms in total. The van der Waals surface area contributed by atoms with Crippen LogP contribution in [0, 0.1) is 12.8 Å². The Labute approximate surface area is 172 Å². The van der Waals surface area contributed by atoms with Gasteiger partial charge in [0.05, 0.1) is 17.6 Å². The second-order valence-electron chi connectivity index (χ2n) is 7.80. The fourth-order valence-corrected chi connectivity index (χ4v) is 3.64. The molecular weight excluding hydrogens is 362 g/mol. The van der Waals surface area contributed by atoms with Crippen molar-refractivity contribution in [1.29, 1.82) is 0 Å². The van der Waals surface area contributed by atoms with Gasteiger partial charge in [-0.05, 0) is 56.4 Å². The fourth-order valence-electron chi connectivity index (χ4n) is 3.64. The van der Waals surface area contributed by atoms with Crippen molar-refractivity contribution in [2.24, 2.45) is 5.92 Å². The third-order valence-corrected chi connectivity index (χ3v) is 5.44. The standard InChI is InChI=1S/C24H29N3O2/c1-18-8-2-5-11-22(18)29-17-7-16-27-21-10-4-3-9-20(21)26-23(27)12-6-15-25-24(28)19-13-14-19/h2-5,8-11,19H,6-7,12-17H2,1H3,(H,25,28). The molecule has 1 heterocycles. The van der Waals surface area contributed by atoms with Gasteiger partial charge in [0.15, 0.2) is 0 Å². The lowest BCUT2D eigenvalue weighted by Crippen LogP contribution is -2.26. The molecule has 5 heteroatoms. The normalized spacial score (nSPS) is 13.6. The van der Waals surface area contributed by atoms with Crippen LogP contribution in [0.1, 0.15) is 37.1 Å². The number of aromatic nitrogens is 2. The van der Waals surface area contributed by atoms with Crippen LogP contribution in [0.25, 0.3) is 11.0 Å². The van der Waals surface area contributed by atoms with Crippen LogP contribution < -0.4 is 10.1 Å². The number of fused-ring (bicyclic) bond motifs is 1. The highest BCUT2D eigenvalue weighted by atomic mass is 16.5. The molecule has 1 fully saturated rings. The Hall–Kier alpha value is -2.82. The summed E-state index contributed by atoms with van der Waals surface area (Å²) in [6, 6.07) is 16.4. The first kappa shape index (κ1) is 19.5. The number of hydrogen-bond donors (Lipinski definition) is 1. The van der Waals surface area contributed by atoms with E-state index >= 15 is 0 Å². The van der Waals surface area contributed by atoms with Crippen LogP contribution in [-0.2, 0) is 17.8 Å². The first-order valence-electron chi connectivity index (χ1n) is 10.6. The van der Waals surface area contributed by atoms with Crippen LogP contribution in [0.2, 0.25) is 0 Å². The lowest BCUT2D eigenvalue weighted by Gasteiger charge is -2.12. The van der Waals surface area contributed by atoms with Gasteiger partial charge in [0.1, 0.15) is 11.6 Å². The summed E-state index contributed by atoms with van der Waals surface area (Å²) < 4.78 is 8.26. The maximum absolute atomic E-state index is 11.8. The number of nitrogens with zero attached hydrogens (tertiary/aromatic N) is 2. The van der Waals surface area contributed by atoms with E-state index in [9.17, 15) is 4.79 Å². The van der Waals surface area contributed by atoms with Gasteiger partial charge in [-0.3, -0.25) is 4.79 Å². The van der Waals surface area contributed by atoms with Crippen molar-refractivity contribution < 1.29 is 9.53 Å². The summed E-state index contributed by atoms with van der Waals surface area (Å²) in [4.78, 5) is 16.6. The van der Waals surface area contributed by atoms with E-state index in [1.165, 1.54) is 5.52 Å². The van der Waals surface area contributed by atoms with Crippen molar-refractivity contribution in [3.63, 3.8) is 0 Å². The van der Waals surface area contributed by atoms with Crippen LogP contribution in [0.15, 0.2) is 48.5 Å². The van der Waals surface area contributed by atoms with Gasteiger partial charge in [0.25, 0.3) is 0 Å². The molecule has 0 bridgehead atoms.